The summed E-state index contributed by atoms with van der Waals surface area (Å²) in [7, 11) is 0. The fraction of sp³-hybridized carbons (Fsp3) is 0.600. The summed E-state index contributed by atoms with van der Waals surface area (Å²) in [6, 6.07) is 8.46. The molecule has 1 aromatic carbocycles. The highest BCUT2D eigenvalue weighted by atomic mass is 16.6. The van der Waals surface area contributed by atoms with Gasteiger partial charge in [0.05, 0.1) is 0 Å². The summed E-state index contributed by atoms with van der Waals surface area (Å²) < 4.78 is 0. The number of nitrogens with two attached hydrogens (primary N) is 1. The Kier molecular flexibility index (Phi) is 10.0. The van der Waals surface area contributed by atoms with Gasteiger partial charge in [-0.1, -0.05) is 81.0 Å². The Bertz CT molecular complexity index is 1120. The maximum Gasteiger partial charge on any atom is 0.111 e. The average molecular weight is 546 g/mol. The summed E-state index contributed by atoms with van der Waals surface area (Å²) in [5, 5.41) is 15.7. The topological polar surface area (TPSA) is 70.8 Å². The summed E-state index contributed by atoms with van der Waals surface area (Å²) in [6.07, 6.45) is 19.1. The van der Waals surface area contributed by atoms with Crippen LogP contribution in [-0.2, 0) is 4.84 Å². The van der Waals surface area contributed by atoms with Crippen LogP contribution in [0.25, 0.3) is 0 Å². The summed E-state index contributed by atoms with van der Waals surface area (Å²) in [6.45, 7) is 10.7. The molecule has 0 heterocycles. The van der Waals surface area contributed by atoms with E-state index < -0.39 is 6.10 Å². The molecule has 1 aromatic rings. The molecule has 5 unspecified atom stereocenters. The third-order valence-electron chi connectivity index (χ3n) is 10.2. The first kappa shape index (κ1) is 29.3. The third kappa shape index (κ3) is 6.33. The van der Waals surface area contributed by atoms with Crippen molar-refractivity contribution >= 4 is 0 Å². The lowest BCUT2D eigenvalue weighted by molar-refractivity contribution is -0.0368. The Morgan fingerprint density at radius 1 is 1.10 bits per heavy atom. The van der Waals surface area contributed by atoms with E-state index in [9.17, 15) is 5.11 Å². The van der Waals surface area contributed by atoms with Gasteiger partial charge in [0.1, 0.15) is 12.2 Å². The molecule has 5 atom stereocenters. The minimum Gasteiger partial charge on any atom is -0.384 e. The lowest BCUT2D eigenvalue weighted by Gasteiger charge is -2.50. The number of nitrogens with one attached hydrogen (secondary N) is 1. The van der Waals surface area contributed by atoms with E-state index in [1.165, 1.54) is 56.2 Å². The molecule has 0 aliphatic heterocycles. The van der Waals surface area contributed by atoms with Gasteiger partial charge in [-0.25, -0.2) is 5.90 Å². The zero-order valence-electron chi connectivity index (χ0n) is 24.8. The second-order valence-electron chi connectivity index (χ2n) is 12.8. The molecule has 5 rings (SSSR count). The molecule has 4 aliphatic rings. The molecule has 0 amide bonds. The first-order valence-electron chi connectivity index (χ1n) is 15.9. The lowest BCUT2D eigenvalue weighted by atomic mass is 9.64. The minimum absolute atomic E-state index is 0.00203. The molecule has 0 bridgehead atoms. The van der Waals surface area contributed by atoms with E-state index >= 15 is 0 Å². The van der Waals surface area contributed by atoms with Crippen LogP contribution in [0.4, 0.5) is 0 Å². The van der Waals surface area contributed by atoms with Crippen LogP contribution in [-0.4, -0.2) is 29.1 Å². The van der Waals surface area contributed by atoms with Gasteiger partial charge in [-0.2, -0.15) is 0 Å². The van der Waals surface area contributed by atoms with Crippen LogP contribution >= 0.6 is 0 Å². The van der Waals surface area contributed by atoms with Crippen molar-refractivity contribution in [3.05, 3.63) is 82.7 Å². The Labute approximate surface area is 242 Å². The number of hydrogen-bond acceptors (Lipinski definition) is 5. The molecular formula is C35H51N3O2. The Morgan fingerprint density at radius 2 is 1.88 bits per heavy atom. The summed E-state index contributed by atoms with van der Waals surface area (Å²) in [5.41, 5.74) is 6.80. The predicted molar refractivity (Wildman–Crippen MR) is 164 cm³/mol. The van der Waals surface area contributed by atoms with E-state index in [4.69, 9.17) is 10.7 Å². The van der Waals surface area contributed by atoms with Gasteiger partial charge in [0.2, 0.25) is 0 Å². The van der Waals surface area contributed by atoms with Gasteiger partial charge >= 0.3 is 0 Å². The number of nitrogens with zero attached hydrogens (tertiary/aromatic N) is 1. The third-order valence-corrected chi connectivity index (χ3v) is 10.2. The number of aliphatic hydroxyl groups is 1. The van der Waals surface area contributed by atoms with E-state index in [2.05, 4.69) is 54.9 Å². The van der Waals surface area contributed by atoms with E-state index in [0.717, 1.165) is 67.1 Å². The molecule has 5 nitrogen and oxygen atoms in total. The van der Waals surface area contributed by atoms with Crippen molar-refractivity contribution in [1.29, 1.82) is 0 Å². The van der Waals surface area contributed by atoms with Crippen molar-refractivity contribution in [2.45, 2.75) is 103 Å². The summed E-state index contributed by atoms with van der Waals surface area (Å²) in [5.74, 6) is 7.25. The van der Waals surface area contributed by atoms with Crippen LogP contribution in [0.1, 0.15) is 108 Å². The maximum absolute atomic E-state index is 11.8. The molecule has 1 saturated carbocycles. The fourth-order valence-electron chi connectivity index (χ4n) is 7.94. The number of aliphatic hydroxyl groups excluding tert-OH is 1. The van der Waals surface area contributed by atoms with Crippen LogP contribution in [0.15, 0.2) is 71.6 Å². The van der Waals surface area contributed by atoms with Gasteiger partial charge in [-0.3, -0.25) is 9.74 Å². The highest BCUT2D eigenvalue weighted by Crippen LogP contribution is 2.53. The normalized spacial score (nSPS) is 29.0. The molecule has 0 radical (unpaired) electrons. The first-order chi connectivity index (χ1) is 19.5. The van der Waals surface area contributed by atoms with E-state index in [1.807, 2.05) is 18.2 Å². The molecule has 5 heteroatoms. The summed E-state index contributed by atoms with van der Waals surface area (Å²) in [4.78, 5) is 8.51. The zero-order valence-corrected chi connectivity index (χ0v) is 24.8. The second kappa shape index (κ2) is 13.7. The largest absolute Gasteiger partial charge is 0.384 e. The smallest absolute Gasteiger partial charge is 0.111 e. The van der Waals surface area contributed by atoms with Gasteiger partial charge in [-0.05, 0) is 80.2 Å². The molecular weight excluding hydrogens is 494 g/mol. The highest BCUT2D eigenvalue weighted by molar-refractivity contribution is 5.46. The van der Waals surface area contributed by atoms with Crippen LogP contribution in [0, 0.1) is 17.8 Å². The molecule has 1 fully saturated rings. The number of hydrogen-bond donors (Lipinski definition) is 3. The first-order valence-corrected chi connectivity index (χ1v) is 15.9. The van der Waals surface area contributed by atoms with Crippen molar-refractivity contribution < 1.29 is 9.94 Å². The Hall–Kier alpha value is -2.18. The van der Waals surface area contributed by atoms with Gasteiger partial charge in [0.15, 0.2) is 0 Å². The van der Waals surface area contributed by atoms with Crippen molar-refractivity contribution in [2.75, 3.05) is 13.1 Å². The molecule has 4 aliphatic carbocycles. The van der Waals surface area contributed by atoms with Gasteiger partial charge in [0, 0.05) is 36.3 Å². The highest BCUT2D eigenvalue weighted by Gasteiger charge is 2.49. The van der Waals surface area contributed by atoms with Crippen molar-refractivity contribution in [3.63, 3.8) is 0 Å². The lowest BCUT2D eigenvalue weighted by Crippen LogP contribution is -2.51. The zero-order chi connectivity index (χ0) is 28.1. The molecule has 0 spiro atoms. The number of benzene rings is 1. The van der Waals surface area contributed by atoms with Crippen molar-refractivity contribution in [3.8, 4) is 0 Å². The molecule has 40 heavy (non-hydrogen) atoms. The van der Waals surface area contributed by atoms with Crippen LogP contribution in [0.2, 0.25) is 0 Å². The van der Waals surface area contributed by atoms with E-state index in [-0.39, 0.29) is 17.9 Å². The Balaban J connectivity index is 1.47. The van der Waals surface area contributed by atoms with Crippen LogP contribution in [0.5, 0.6) is 0 Å². The average Bonchev–Trinajstić information content (AvgIpc) is 2.98. The monoisotopic (exact) mass is 545 g/mol. The maximum atomic E-state index is 11.8. The molecule has 4 N–H and O–H groups in total. The van der Waals surface area contributed by atoms with Crippen LogP contribution in [0.3, 0.4) is 0 Å². The predicted octanol–water partition coefficient (Wildman–Crippen LogP) is 7.40. The quantitative estimate of drug-likeness (QED) is 0.200. The number of rotatable bonds is 11. The molecule has 0 aromatic heterocycles. The van der Waals surface area contributed by atoms with Gasteiger partial charge in [-0.15, -0.1) is 6.58 Å². The van der Waals surface area contributed by atoms with Crippen molar-refractivity contribution in [2.24, 2.45) is 23.7 Å². The van der Waals surface area contributed by atoms with E-state index in [1.54, 1.807) is 0 Å². The second-order valence-corrected chi connectivity index (χ2v) is 12.8. The van der Waals surface area contributed by atoms with Crippen LogP contribution < -0.4 is 11.2 Å². The van der Waals surface area contributed by atoms with Crippen molar-refractivity contribution in [1.82, 2.24) is 10.2 Å². The fourth-order valence-corrected chi connectivity index (χ4v) is 7.94. The van der Waals surface area contributed by atoms with Gasteiger partial charge < -0.3 is 10.4 Å². The molecule has 218 valence electrons. The SMILES string of the molecule is C=CCCN(CCCC1CCCCC1)C1CC(NC2=CC=C(C)CC2)=C2C(O)c3ccccc3C(ON)C2C1C. The summed E-state index contributed by atoms with van der Waals surface area (Å²) >= 11 is 0. The Morgan fingerprint density at radius 3 is 2.58 bits per heavy atom. The minimum atomic E-state index is -0.659. The number of allylic oxidation sites excluding steroid dienone is 4. The standard InChI is InChI=1S/C35H51N3O2/c1-4-5-21-38(22-11-14-26-12-7-6-8-13-26)31-23-30(37-27-19-17-24(2)18-20-27)33-32(25(31)3)35(40-36)29-16-10-9-15-28(29)34(33)39/h4,9-10,15-17,19,25-26,31-32,34-35,37,39H,1,5-8,11-14,18,20-23,36H2,2-3H3. The van der Waals surface area contributed by atoms with E-state index in [0.29, 0.717) is 6.04 Å². The molecule has 0 saturated heterocycles. The number of fused-ring (bicyclic) bond motifs is 2. The van der Waals surface area contributed by atoms with Gasteiger partial charge in [0.25, 0.3) is 0 Å².